The van der Waals surface area contributed by atoms with Gasteiger partial charge in [0.1, 0.15) is 19.3 Å². The predicted molar refractivity (Wildman–Crippen MR) is 196 cm³/mol. The Morgan fingerprint density at radius 2 is 0.739 bits per heavy atom. The molecule has 0 amide bonds. The van der Waals surface area contributed by atoms with Crippen LogP contribution in [0.4, 0.5) is 0 Å². The van der Waals surface area contributed by atoms with Crippen molar-refractivity contribution in [1.82, 2.24) is 0 Å². The van der Waals surface area contributed by atoms with Crippen molar-refractivity contribution < 1.29 is 24.2 Å². The summed E-state index contributed by atoms with van der Waals surface area (Å²) in [7, 11) is 0. The molecule has 1 N–H and O–H groups in total. The summed E-state index contributed by atoms with van der Waals surface area (Å²) in [5, 5.41) is 10.0. The summed E-state index contributed by atoms with van der Waals surface area (Å²) in [4.78, 5) is 23.9. The van der Waals surface area contributed by atoms with Crippen LogP contribution in [-0.2, 0) is 19.1 Å². The maximum absolute atomic E-state index is 12.0. The second kappa shape index (κ2) is 35.2. The number of ether oxygens (including phenoxy) is 2. The largest absolute Gasteiger partial charge is 0.463 e. The summed E-state index contributed by atoms with van der Waals surface area (Å²) < 4.78 is 10.3. The van der Waals surface area contributed by atoms with Crippen LogP contribution in [0.3, 0.4) is 0 Å². The average molecular weight is 653 g/mol. The van der Waals surface area contributed by atoms with Crippen LogP contribution in [-0.4, -0.2) is 36.4 Å². The molecule has 0 saturated heterocycles. The zero-order valence-corrected chi connectivity index (χ0v) is 31.4. The normalized spacial score (nSPS) is 12.8. The molecule has 0 aliphatic rings. The number of hydrogen-bond acceptors (Lipinski definition) is 5. The van der Waals surface area contributed by atoms with Crippen LogP contribution in [0.2, 0.25) is 0 Å². The fourth-order valence-corrected chi connectivity index (χ4v) is 6.07. The molecule has 274 valence electrons. The van der Waals surface area contributed by atoms with Crippen molar-refractivity contribution >= 4 is 11.9 Å². The number of carbonyl (C=O) groups is 2. The first-order valence-electron chi connectivity index (χ1n) is 20.3. The van der Waals surface area contributed by atoms with E-state index in [1.165, 1.54) is 154 Å². The molecule has 0 aromatic heterocycles. The Morgan fingerprint density at radius 3 is 1.04 bits per heavy atom. The number of rotatable bonds is 36. The van der Waals surface area contributed by atoms with E-state index >= 15 is 0 Å². The minimum Gasteiger partial charge on any atom is -0.463 e. The molecule has 5 heteroatoms. The number of unbranched alkanes of at least 4 members (excludes halogenated alkanes) is 23. The molecule has 1 unspecified atom stereocenters. The first kappa shape index (κ1) is 44.9. The number of aliphatic hydroxyl groups is 1. The predicted octanol–water partition coefficient (Wildman–Crippen LogP) is 12.4. The molecular formula is C41H80O5. The Morgan fingerprint density at radius 1 is 0.457 bits per heavy atom. The molecule has 46 heavy (non-hydrogen) atoms. The van der Waals surface area contributed by atoms with Gasteiger partial charge >= 0.3 is 11.9 Å². The van der Waals surface area contributed by atoms with Crippen molar-refractivity contribution in [3.63, 3.8) is 0 Å². The number of esters is 2. The lowest BCUT2D eigenvalue weighted by Crippen LogP contribution is -2.25. The van der Waals surface area contributed by atoms with Crippen LogP contribution >= 0.6 is 0 Å². The highest BCUT2D eigenvalue weighted by Gasteiger charge is 2.12. The zero-order valence-electron chi connectivity index (χ0n) is 31.4. The van der Waals surface area contributed by atoms with E-state index in [0.29, 0.717) is 12.8 Å². The second-order valence-corrected chi connectivity index (χ2v) is 14.8. The van der Waals surface area contributed by atoms with Crippen LogP contribution in [0.5, 0.6) is 0 Å². The fourth-order valence-electron chi connectivity index (χ4n) is 6.07. The average Bonchev–Trinajstić information content (AvgIpc) is 3.04. The lowest BCUT2D eigenvalue weighted by molar-refractivity contribution is -0.152. The third-order valence-corrected chi connectivity index (χ3v) is 9.56. The van der Waals surface area contributed by atoms with Crippen molar-refractivity contribution in [3.8, 4) is 0 Å². The molecule has 0 bridgehead atoms. The summed E-state index contributed by atoms with van der Waals surface area (Å²) in [5.41, 5.74) is 0. The molecule has 0 aromatic carbocycles. The Bertz CT molecular complexity index is 649. The van der Waals surface area contributed by atoms with Crippen molar-refractivity contribution in [1.29, 1.82) is 0 Å². The van der Waals surface area contributed by atoms with Crippen LogP contribution in [0.15, 0.2) is 0 Å². The van der Waals surface area contributed by atoms with Gasteiger partial charge < -0.3 is 14.6 Å². The summed E-state index contributed by atoms with van der Waals surface area (Å²) >= 11 is 0. The summed E-state index contributed by atoms with van der Waals surface area (Å²) in [5.74, 6) is 1.19. The summed E-state index contributed by atoms with van der Waals surface area (Å²) in [6.07, 6.45) is 35.8. The van der Waals surface area contributed by atoms with E-state index in [0.717, 1.165) is 37.5 Å². The SMILES string of the molecule is CCC(C)CCCCCCCCCCCCCCCCC(=O)OC[C@H](O)COC(=O)CCCCCCCCCCCCCC(C)C. The molecule has 0 aliphatic heterocycles. The van der Waals surface area contributed by atoms with Gasteiger partial charge in [0.05, 0.1) is 0 Å². The Kier molecular flexibility index (Phi) is 34.4. The molecule has 0 radical (unpaired) electrons. The first-order chi connectivity index (χ1) is 22.3. The van der Waals surface area contributed by atoms with Gasteiger partial charge in [0.2, 0.25) is 0 Å². The van der Waals surface area contributed by atoms with E-state index in [2.05, 4.69) is 27.7 Å². The smallest absolute Gasteiger partial charge is 0.305 e. The molecule has 0 aromatic rings. The molecular weight excluding hydrogens is 572 g/mol. The monoisotopic (exact) mass is 653 g/mol. The van der Waals surface area contributed by atoms with Crippen LogP contribution in [0.25, 0.3) is 0 Å². The number of hydrogen-bond donors (Lipinski definition) is 1. The molecule has 0 fully saturated rings. The fraction of sp³-hybridized carbons (Fsp3) is 0.951. The van der Waals surface area contributed by atoms with E-state index in [4.69, 9.17) is 9.47 Å². The molecule has 0 saturated carbocycles. The van der Waals surface area contributed by atoms with E-state index < -0.39 is 6.10 Å². The maximum Gasteiger partial charge on any atom is 0.305 e. The van der Waals surface area contributed by atoms with Gasteiger partial charge in [-0.15, -0.1) is 0 Å². The Hall–Kier alpha value is -1.10. The van der Waals surface area contributed by atoms with E-state index in [9.17, 15) is 14.7 Å². The zero-order chi connectivity index (χ0) is 33.9. The van der Waals surface area contributed by atoms with Crippen LogP contribution < -0.4 is 0 Å². The van der Waals surface area contributed by atoms with Gasteiger partial charge in [0.15, 0.2) is 0 Å². The first-order valence-corrected chi connectivity index (χ1v) is 20.3. The van der Waals surface area contributed by atoms with E-state index in [1.54, 1.807) is 0 Å². The summed E-state index contributed by atoms with van der Waals surface area (Å²) in [6.45, 7) is 9.05. The van der Waals surface area contributed by atoms with Gasteiger partial charge in [-0.3, -0.25) is 9.59 Å². The number of aliphatic hydroxyl groups excluding tert-OH is 1. The number of carbonyl (C=O) groups excluding carboxylic acids is 2. The van der Waals surface area contributed by atoms with Crippen molar-refractivity contribution in [2.24, 2.45) is 11.8 Å². The highest BCUT2D eigenvalue weighted by molar-refractivity contribution is 5.69. The Balaban J connectivity index is 3.38. The molecule has 0 spiro atoms. The quantitative estimate of drug-likeness (QED) is 0.0538. The topological polar surface area (TPSA) is 72.8 Å². The van der Waals surface area contributed by atoms with Crippen molar-refractivity contribution in [2.45, 2.75) is 226 Å². The van der Waals surface area contributed by atoms with Crippen molar-refractivity contribution in [2.75, 3.05) is 13.2 Å². The minimum atomic E-state index is -0.956. The van der Waals surface area contributed by atoms with Gasteiger partial charge in [-0.2, -0.15) is 0 Å². The maximum atomic E-state index is 12.0. The van der Waals surface area contributed by atoms with Gasteiger partial charge in [-0.1, -0.05) is 195 Å². The van der Waals surface area contributed by atoms with Gasteiger partial charge in [-0.25, -0.2) is 0 Å². The van der Waals surface area contributed by atoms with Gasteiger partial charge in [0.25, 0.3) is 0 Å². The third kappa shape index (κ3) is 35.7. The lowest BCUT2D eigenvalue weighted by Gasteiger charge is -2.12. The molecule has 0 heterocycles. The molecule has 5 nitrogen and oxygen atoms in total. The van der Waals surface area contributed by atoms with Gasteiger partial charge in [-0.05, 0) is 24.7 Å². The van der Waals surface area contributed by atoms with Crippen molar-refractivity contribution in [3.05, 3.63) is 0 Å². The van der Waals surface area contributed by atoms with E-state index in [-0.39, 0.29) is 25.2 Å². The highest BCUT2D eigenvalue weighted by atomic mass is 16.6. The third-order valence-electron chi connectivity index (χ3n) is 9.56. The lowest BCUT2D eigenvalue weighted by atomic mass is 9.99. The second-order valence-electron chi connectivity index (χ2n) is 14.8. The molecule has 0 rings (SSSR count). The minimum absolute atomic E-state index is 0.109. The molecule has 0 aliphatic carbocycles. The summed E-state index contributed by atoms with van der Waals surface area (Å²) in [6, 6.07) is 0. The Labute approximate surface area is 287 Å². The van der Waals surface area contributed by atoms with Crippen LogP contribution in [0, 0.1) is 11.8 Å². The highest BCUT2D eigenvalue weighted by Crippen LogP contribution is 2.17. The van der Waals surface area contributed by atoms with Crippen LogP contribution in [0.1, 0.15) is 220 Å². The van der Waals surface area contributed by atoms with Gasteiger partial charge in [0, 0.05) is 12.8 Å². The van der Waals surface area contributed by atoms with E-state index in [1.807, 2.05) is 0 Å². The standard InChI is InChI=1S/C41H80O5/c1-5-38(4)32-28-24-20-16-12-8-6-7-9-13-17-21-25-29-33-40(43)45-35-39(42)36-46-41(44)34-30-26-22-18-14-10-11-15-19-23-27-31-37(2)3/h37-39,42H,5-36H2,1-4H3/t38?,39-/m0/s1. The molecule has 2 atom stereocenters.